The van der Waals surface area contributed by atoms with Gasteiger partial charge < -0.3 is 14.8 Å². The summed E-state index contributed by atoms with van der Waals surface area (Å²) in [6.45, 7) is 1.42. The summed E-state index contributed by atoms with van der Waals surface area (Å²) in [5, 5.41) is 4.35. The van der Waals surface area contributed by atoms with Gasteiger partial charge in [0.15, 0.2) is 11.5 Å². The van der Waals surface area contributed by atoms with Gasteiger partial charge in [-0.1, -0.05) is 18.2 Å². The largest absolute Gasteiger partial charge is 0.493 e. The van der Waals surface area contributed by atoms with Crippen molar-refractivity contribution in [3.05, 3.63) is 70.1 Å². The minimum atomic E-state index is -4.64. The van der Waals surface area contributed by atoms with Crippen molar-refractivity contribution in [2.75, 3.05) is 19.5 Å². The van der Waals surface area contributed by atoms with Crippen molar-refractivity contribution in [3.63, 3.8) is 0 Å². The third-order valence-corrected chi connectivity index (χ3v) is 6.39. The number of para-hydroxylation sites is 1. The number of hydrogen-bond acceptors (Lipinski definition) is 6. The molecule has 0 spiro atoms. The average molecular weight is 504 g/mol. The predicted molar refractivity (Wildman–Crippen MR) is 127 cm³/mol. The Bertz CT molecular complexity index is 1460. The number of hydrogen-bond donors (Lipinski definition) is 1. The quantitative estimate of drug-likeness (QED) is 0.383. The Balaban J connectivity index is 1.72. The lowest BCUT2D eigenvalue weighted by Gasteiger charge is -2.18. The van der Waals surface area contributed by atoms with Gasteiger partial charge in [-0.05, 0) is 36.8 Å². The van der Waals surface area contributed by atoms with Crippen LogP contribution in [0.3, 0.4) is 0 Å². The lowest BCUT2D eigenvalue weighted by atomic mass is 10.1. The van der Waals surface area contributed by atoms with Crippen LogP contribution in [0.1, 0.15) is 18.5 Å². The summed E-state index contributed by atoms with van der Waals surface area (Å²) in [4.78, 5) is 31.0. The monoisotopic (exact) mass is 503 g/mol. The van der Waals surface area contributed by atoms with Gasteiger partial charge in [-0.15, -0.1) is 11.3 Å². The highest BCUT2D eigenvalue weighted by atomic mass is 32.1. The molecule has 7 nitrogen and oxygen atoms in total. The van der Waals surface area contributed by atoms with E-state index in [0.717, 1.165) is 16.7 Å². The van der Waals surface area contributed by atoms with E-state index in [1.54, 1.807) is 23.6 Å². The van der Waals surface area contributed by atoms with Crippen LogP contribution >= 0.6 is 11.3 Å². The molecule has 11 heteroatoms. The molecule has 2 aromatic carbocycles. The number of nitrogens with zero attached hydrogens (tertiary/aromatic N) is 2. The molecule has 182 valence electrons. The van der Waals surface area contributed by atoms with Crippen LogP contribution in [-0.4, -0.2) is 29.7 Å². The number of aromatic nitrogens is 2. The van der Waals surface area contributed by atoms with E-state index in [2.05, 4.69) is 10.3 Å². The molecule has 0 radical (unpaired) electrons. The van der Waals surface area contributed by atoms with Gasteiger partial charge in [-0.2, -0.15) is 13.2 Å². The SMILES string of the molecule is COc1ccc(-c2csc3ncn(C(C)C(=O)Nc4ccccc4C(F)(F)F)c(=O)c23)cc1OC. The van der Waals surface area contributed by atoms with E-state index < -0.39 is 29.2 Å². The first-order valence-electron chi connectivity index (χ1n) is 10.3. The standard InChI is InChI=1S/C24H20F3N3O4S/c1-13(21(31)29-17-7-5-4-6-16(17)24(25,26)27)30-12-28-22-20(23(30)32)15(11-35-22)14-8-9-18(33-2)19(10-14)34-3/h4-13H,1-3H3,(H,29,31). The van der Waals surface area contributed by atoms with E-state index in [-0.39, 0.29) is 5.69 Å². The van der Waals surface area contributed by atoms with Crippen molar-refractivity contribution < 1.29 is 27.4 Å². The Kier molecular flexibility index (Phi) is 6.53. The minimum absolute atomic E-state index is 0.292. The van der Waals surface area contributed by atoms with Crippen LogP contribution in [0.25, 0.3) is 21.3 Å². The maximum absolute atomic E-state index is 13.4. The average Bonchev–Trinajstić information content (AvgIpc) is 3.28. The Morgan fingerprint density at radius 1 is 1.11 bits per heavy atom. The van der Waals surface area contributed by atoms with Gasteiger partial charge in [0, 0.05) is 10.9 Å². The molecule has 0 bridgehead atoms. The van der Waals surface area contributed by atoms with Gasteiger partial charge in [0.1, 0.15) is 10.9 Å². The van der Waals surface area contributed by atoms with Crippen molar-refractivity contribution in [3.8, 4) is 22.6 Å². The summed E-state index contributed by atoms with van der Waals surface area (Å²) in [6.07, 6.45) is -3.42. The van der Waals surface area contributed by atoms with Gasteiger partial charge in [-0.25, -0.2) is 4.98 Å². The lowest BCUT2D eigenvalue weighted by molar-refractivity contribution is -0.137. The number of fused-ring (bicyclic) bond motifs is 1. The van der Waals surface area contributed by atoms with Gasteiger partial charge >= 0.3 is 6.18 Å². The van der Waals surface area contributed by atoms with Gasteiger partial charge in [0.2, 0.25) is 5.91 Å². The molecular formula is C24H20F3N3O4S. The Morgan fingerprint density at radius 2 is 1.83 bits per heavy atom. The zero-order chi connectivity index (χ0) is 25.3. The summed E-state index contributed by atoms with van der Waals surface area (Å²) in [6, 6.07) is 8.73. The zero-order valence-electron chi connectivity index (χ0n) is 18.8. The normalized spacial score (nSPS) is 12.4. The number of carbonyl (C=O) groups excluding carboxylic acids is 1. The van der Waals surface area contributed by atoms with E-state index in [1.807, 2.05) is 0 Å². The number of nitrogens with one attached hydrogen (secondary N) is 1. The number of alkyl halides is 3. The molecule has 0 aliphatic rings. The van der Waals surface area contributed by atoms with Crippen molar-refractivity contribution in [1.29, 1.82) is 0 Å². The van der Waals surface area contributed by atoms with E-state index in [4.69, 9.17) is 9.47 Å². The summed E-state index contributed by atoms with van der Waals surface area (Å²) >= 11 is 1.26. The number of amides is 1. The number of ether oxygens (including phenoxy) is 2. The molecule has 1 N–H and O–H groups in total. The molecular weight excluding hydrogens is 483 g/mol. The Labute approximate surface area is 201 Å². The number of anilines is 1. The first kappa shape index (κ1) is 24.3. The molecule has 2 aromatic heterocycles. The van der Waals surface area contributed by atoms with Crippen LogP contribution in [0.5, 0.6) is 11.5 Å². The van der Waals surface area contributed by atoms with Crippen LogP contribution < -0.4 is 20.3 Å². The zero-order valence-corrected chi connectivity index (χ0v) is 19.7. The second-order valence-corrected chi connectivity index (χ2v) is 8.42. The highest BCUT2D eigenvalue weighted by Gasteiger charge is 2.34. The van der Waals surface area contributed by atoms with E-state index >= 15 is 0 Å². The molecule has 0 aliphatic carbocycles. The third-order valence-electron chi connectivity index (χ3n) is 5.50. The fourth-order valence-electron chi connectivity index (χ4n) is 3.64. The first-order chi connectivity index (χ1) is 16.7. The van der Waals surface area contributed by atoms with Gasteiger partial charge in [-0.3, -0.25) is 14.2 Å². The number of halogens is 3. The number of thiophene rings is 1. The molecule has 1 amide bonds. The lowest BCUT2D eigenvalue weighted by Crippen LogP contribution is -2.32. The summed E-state index contributed by atoms with van der Waals surface area (Å²) in [5.41, 5.74) is -0.585. The molecule has 0 saturated carbocycles. The van der Waals surface area contributed by atoms with E-state index in [0.29, 0.717) is 32.8 Å². The molecule has 0 saturated heterocycles. The Morgan fingerprint density at radius 3 is 2.51 bits per heavy atom. The summed E-state index contributed by atoms with van der Waals surface area (Å²) < 4.78 is 51.6. The van der Waals surface area contributed by atoms with Gasteiger partial charge in [0.25, 0.3) is 5.56 Å². The minimum Gasteiger partial charge on any atom is -0.493 e. The summed E-state index contributed by atoms with van der Waals surface area (Å²) in [5.74, 6) is 0.216. The van der Waals surface area contributed by atoms with Crippen molar-refractivity contribution in [1.82, 2.24) is 9.55 Å². The fourth-order valence-corrected chi connectivity index (χ4v) is 4.55. The van der Waals surface area contributed by atoms with Crippen LogP contribution in [0.2, 0.25) is 0 Å². The van der Waals surface area contributed by atoms with Crippen molar-refractivity contribution in [2.45, 2.75) is 19.1 Å². The molecule has 0 aliphatic heterocycles. The molecule has 4 rings (SSSR count). The van der Waals surface area contributed by atoms with Crippen LogP contribution in [0, 0.1) is 0 Å². The molecule has 4 aromatic rings. The summed E-state index contributed by atoms with van der Waals surface area (Å²) in [7, 11) is 3.01. The van der Waals surface area contributed by atoms with Crippen molar-refractivity contribution >= 4 is 33.1 Å². The van der Waals surface area contributed by atoms with E-state index in [9.17, 15) is 22.8 Å². The number of benzene rings is 2. The molecule has 1 unspecified atom stereocenters. The van der Waals surface area contributed by atoms with Crippen LogP contribution in [-0.2, 0) is 11.0 Å². The van der Waals surface area contributed by atoms with Crippen LogP contribution in [0.4, 0.5) is 18.9 Å². The first-order valence-corrected chi connectivity index (χ1v) is 11.2. The van der Waals surface area contributed by atoms with Gasteiger partial charge in [0.05, 0.1) is 37.2 Å². The topological polar surface area (TPSA) is 82.5 Å². The van der Waals surface area contributed by atoms with Crippen LogP contribution in [0.15, 0.2) is 59.0 Å². The second-order valence-electron chi connectivity index (χ2n) is 7.56. The molecule has 0 fully saturated rings. The number of rotatable bonds is 6. The van der Waals surface area contributed by atoms with Crippen molar-refractivity contribution in [2.24, 2.45) is 0 Å². The number of methoxy groups -OCH3 is 2. The maximum Gasteiger partial charge on any atom is 0.418 e. The number of carbonyl (C=O) groups is 1. The highest BCUT2D eigenvalue weighted by Crippen LogP contribution is 2.37. The predicted octanol–water partition coefficient (Wildman–Crippen LogP) is 5.36. The smallest absolute Gasteiger partial charge is 0.418 e. The maximum atomic E-state index is 13.4. The Hall–Kier alpha value is -3.86. The third kappa shape index (κ3) is 4.59. The second kappa shape index (κ2) is 9.41. The molecule has 35 heavy (non-hydrogen) atoms. The molecule has 1 atom stereocenters. The highest BCUT2D eigenvalue weighted by molar-refractivity contribution is 7.17. The fraction of sp³-hybridized carbons (Fsp3) is 0.208. The molecule has 2 heterocycles. The van der Waals surface area contributed by atoms with E-state index in [1.165, 1.54) is 50.9 Å².